The molecule has 1 aliphatic carbocycles. The Hall–Kier alpha value is -0.570. The van der Waals surface area contributed by atoms with Crippen LogP contribution in [-0.4, -0.2) is 6.04 Å². The van der Waals surface area contributed by atoms with Crippen LogP contribution in [0.1, 0.15) is 24.1 Å². The Morgan fingerprint density at radius 2 is 2.12 bits per heavy atom. The summed E-state index contributed by atoms with van der Waals surface area (Å²) >= 11 is 8.18. The molecule has 1 aromatic heterocycles. The molecule has 0 aliphatic heterocycles. The van der Waals surface area contributed by atoms with Crippen molar-refractivity contribution in [3.05, 3.63) is 34.2 Å². The average Bonchev–Trinajstić information content (AvgIpc) is 2.55. The van der Waals surface area contributed by atoms with Crippen LogP contribution in [0, 0.1) is 0 Å². The Labute approximate surface area is 104 Å². The topological polar surface area (TPSA) is 12.0 Å². The maximum Gasteiger partial charge on any atom is 0.0636 e. The van der Waals surface area contributed by atoms with Gasteiger partial charge in [-0.3, -0.25) is 0 Å². The first kappa shape index (κ1) is 10.6. The Bertz CT molecular complexity index is 502. The van der Waals surface area contributed by atoms with Crippen LogP contribution in [0.2, 0.25) is 5.02 Å². The predicted octanol–water partition coefficient (Wildman–Crippen LogP) is 4.20. The van der Waals surface area contributed by atoms with E-state index < -0.39 is 0 Å². The minimum absolute atomic E-state index is 0.723. The van der Waals surface area contributed by atoms with Crippen LogP contribution >= 0.6 is 22.9 Å². The second kappa shape index (κ2) is 4.36. The fraction of sp³-hybridized carbons (Fsp3) is 0.385. The number of thiophene rings is 1. The van der Waals surface area contributed by atoms with E-state index >= 15 is 0 Å². The summed E-state index contributed by atoms with van der Waals surface area (Å²) in [5.41, 5.74) is 0. The minimum atomic E-state index is 0.723. The molecule has 0 amide bonds. The first-order valence-corrected chi connectivity index (χ1v) is 6.93. The second-order valence-corrected chi connectivity index (χ2v) is 5.86. The quantitative estimate of drug-likeness (QED) is 0.862. The van der Waals surface area contributed by atoms with Crippen LogP contribution in [0.15, 0.2) is 24.3 Å². The van der Waals surface area contributed by atoms with Crippen molar-refractivity contribution in [1.29, 1.82) is 0 Å². The zero-order chi connectivity index (χ0) is 11.0. The van der Waals surface area contributed by atoms with Crippen molar-refractivity contribution in [3.8, 4) is 0 Å². The van der Waals surface area contributed by atoms with E-state index in [1.54, 1.807) is 11.3 Å². The van der Waals surface area contributed by atoms with Gasteiger partial charge in [0.25, 0.3) is 0 Å². The van der Waals surface area contributed by atoms with Crippen molar-refractivity contribution in [3.63, 3.8) is 0 Å². The zero-order valence-corrected chi connectivity index (χ0v) is 10.6. The monoisotopic (exact) mass is 251 g/mol. The van der Waals surface area contributed by atoms with Crippen molar-refractivity contribution in [2.75, 3.05) is 0 Å². The molecule has 84 valence electrons. The molecule has 1 aromatic carbocycles. The van der Waals surface area contributed by atoms with E-state index in [4.69, 9.17) is 11.6 Å². The van der Waals surface area contributed by atoms with Crippen LogP contribution in [0.25, 0.3) is 10.1 Å². The number of hydrogen-bond donors (Lipinski definition) is 1. The van der Waals surface area contributed by atoms with Gasteiger partial charge in [-0.1, -0.05) is 36.2 Å². The van der Waals surface area contributed by atoms with Gasteiger partial charge in [0.1, 0.15) is 0 Å². The second-order valence-electron chi connectivity index (χ2n) is 4.34. The molecule has 0 saturated heterocycles. The summed E-state index contributed by atoms with van der Waals surface area (Å²) in [5, 5.41) is 5.69. The van der Waals surface area contributed by atoms with E-state index in [1.807, 2.05) is 6.07 Å². The first-order valence-electron chi connectivity index (χ1n) is 5.74. The normalized spacial score (nSPS) is 16.6. The molecule has 1 saturated carbocycles. The van der Waals surface area contributed by atoms with Crippen molar-refractivity contribution in [2.24, 2.45) is 0 Å². The van der Waals surface area contributed by atoms with E-state index in [0.29, 0.717) is 0 Å². The molecular formula is C13H14ClNS. The van der Waals surface area contributed by atoms with Crippen molar-refractivity contribution in [2.45, 2.75) is 31.8 Å². The Morgan fingerprint density at radius 1 is 1.31 bits per heavy atom. The maximum absolute atomic E-state index is 6.37. The Balaban J connectivity index is 1.82. The van der Waals surface area contributed by atoms with Gasteiger partial charge in [0.2, 0.25) is 0 Å². The lowest BCUT2D eigenvalue weighted by Crippen LogP contribution is -2.34. The van der Waals surface area contributed by atoms with Crippen molar-refractivity contribution < 1.29 is 0 Å². The molecule has 16 heavy (non-hydrogen) atoms. The number of nitrogens with one attached hydrogen (secondary N) is 1. The SMILES string of the molecule is Clc1c(CNC2CCC2)sc2ccccc12. The van der Waals surface area contributed by atoms with Crippen molar-refractivity contribution >= 4 is 33.0 Å². The van der Waals surface area contributed by atoms with Gasteiger partial charge >= 0.3 is 0 Å². The van der Waals surface area contributed by atoms with Crippen LogP contribution in [0.4, 0.5) is 0 Å². The van der Waals surface area contributed by atoms with Gasteiger partial charge in [0, 0.05) is 27.5 Å². The third kappa shape index (κ3) is 1.86. The molecule has 3 rings (SSSR count). The molecule has 1 aliphatic rings. The van der Waals surface area contributed by atoms with Crippen molar-refractivity contribution in [1.82, 2.24) is 5.32 Å². The van der Waals surface area contributed by atoms with Gasteiger partial charge in [-0.15, -0.1) is 11.3 Å². The fourth-order valence-electron chi connectivity index (χ4n) is 2.03. The lowest BCUT2D eigenvalue weighted by atomic mass is 9.93. The smallest absolute Gasteiger partial charge is 0.0636 e. The molecule has 0 bridgehead atoms. The summed E-state index contributed by atoms with van der Waals surface area (Å²) in [6, 6.07) is 9.07. The van der Waals surface area contributed by atoms with Gasteiger partial charge in [-0.25, -0.2) is 0 Å². The van der Waals surface area contributed by atoms with Crippen LogP contribution in [-0.2, 0) is 6.54 Å². The number of halogens is 1. The van der Waals surface area contributed by atoms with E-state index in [9.17, 15) is 0 Å². The average molecular weight is 252 g/mol. The molecular weight excluding hydrogens is 238 g/mol. The minimum Gasteiger partial charge on any atom is -0.309 e. The number of benzene rings is 1. The molecule has 1 fully saturated rings. The highest BCUT2D eigenvalue weighted by atomic mass is 35.5. The Morgan fingerprint density at radius 3 is 2.81 bits per heavy atom. The van der Waals surface area contributed by atoms with Gasteiger partial charge in [0.15, 0.2) is 0 Å². The third-order valence-corrected chi connectivity index (χ3v) is 4.97. The predicted molar refractivity (Wildman–Crippen MR) is 71.3 cm³/mol. The third-order valence-electron chi connectivity index (χ3n) is 3.26. The maximum atomic E-state index is 6.37. The van der Waals surface area contributed by atoms with E-state index in [2.05, 4.69) is 23.5 Å². The van der Waals surface area contributed by atoms with E-state index in [-0.39, 0.29) is 0 Å². The number of hydrogen-bond acceptors (Lipinski definition) is 2. The lowest BCUT2D eigenvalue weighted by Gasteiger charge is -2.26. The number of rotatable bonds is 3. The summed E-state index contributed by atoms with van der Waals surface area (Å²) in [5.74, 6) is 0. The molecule has 1 N–H and O–H groups in total. The van der Waals surface area contributed by atoms with Gasteiger partial charge in [-0.2, -0.15) is 0 Å². The molecule has 0 spiro atoms. The molecule has 0 unspecified atom stereocenters. The van der Waals surface area contributed by atoms with Gasteiger partial charge < -0.3 is 5.32 Å². The van der Waals surface area contributed by atoms with Crippen LogP contribution < -0.4 is 5.32 Å². The summed E-state index contributed by atoms with van der Waals surface area (Å²) in [7, 11) is 0. The first-order chi connectivity index (χ1) is 7.84. The molecule has 2 aromatic rings. The summed E-state index contributed by atoms with van der Waals surface area (Å²) in [6.45, 7) is 0.919. The highest BCUT2D eigenvalue weighted by Gasteiger charge is 2.17. The summed E-state index contributed by atoms with van der Waals surface area (Å²) in [6.07, 6.45) is 4.02. The highest BCUT2D eigenvalue weighted by molar-refractivity contribution is 7.19. The lowest BCUT2D eigenvalue weighted by molar-refractivity contribution is 0.339. The Kier molecular flexibility index (Phi) is 2.88. The fourth-order valence-corrected chi connectivity index (χ4v) is 3.48. The molecule has 3 heteroatoms. The zero-order valence-electron chi connectivity index (χ0n) is 9.00. The highest BCUT2D eigenvalue weighted by Crippen LogP contribution is 2.35. The standard InChI is InChI=1S/C13H14ClNS/c14-13-10-6-1-2-7-11(10)16-12(13)8-15-9-4-3-5-9/h1-2,6-7,9,15H,3-5,8H2. The molecule has 1 nitrogen and oxygen atoms in total. The van der Waals surface area contributed by atoms with E-state index in [0.717, 1.165) is 17.6 Å². The molecule has 0 atom stereocenters. The largest absolute Gasteiger partial charge is 0.309 e. The summed E-state index contributed by atoms with van der Waals surface area (Å²) < 4.78 is 1.29. The van der Waals surface area contributed by atoms with Crippen LogP contribution in [0.3, 0.4) is 0 Å². The summed E-state index contributed by atoms with van der Waals surface area (Å²) in [4.78, 5) is 1.27. The van der Waals surface area contributed by atoms with Gasteiger partial charge in [-0.05, 0) is 18.9 Å². The van der Waals surface area contributed by atoms with E-state index in [1.165, 1.54) is 34.2 Å². The van der Waals surface area contributed by atoms with Gasteiger partial charge in [0.05, 0.1) is 5.02 Å². The van der Waals surface area contributed by atoms with Crippen LogP contribution in [0.5, 0.6) is 0 Å². The molecule has 1 heterocycles. The molecule has 0 radical (unpaired) electrons. The number of fused-ring (bicyclic) bond motifs is 1.